The Morgan fingerprint density at radius 1 is 1.22 bits per heavy atom. The minimum atomic E-state index is -0.483. The van der Waals surface area contributed by atoms with Gasteiger partial charge in [0.25, 0.3) is 0 Å². The van der Waals surface area contributed by atoms with Gasteiger partial charge in [-0.3, -0.25) is 0 Å². The largest absolute Gasteiger partial charge is 0.457 e. The third kappa shape index (κ3) is 5.71. The van der Waals surface area contributed by atoms with E-state index in [0.29, 0.717) is 17.8 Å². The molecule has 0 N–H and O–H groups in total. The summed E-state index contributed by atoms with van der Waals surface area (Å²) in [6, 6.07) is 8.05. The molecule has 0 atom stereocenters. The zero-order valence-corrected chi connectivity index (χ0v) is 13.8. The Morgan fingerprint density at radius 2 is 1.91 bits per heavy atom. The molecule has 0 saturated heterocycles. The highest BCUT2D eigenvalue weighted by molar-refractivity contribution is 5.81. The molecule has 1 fully saturated rings. The molecule has 0 aliphatic heterocycles. The maximum absolute atomic E-state index is 10.9. The summed E-state index contributed by atoms with van der Waals surface area (Å²) in [6.45, 7) is 6.26. The van der Waals surface area contributed by atoms with E-state index >= 15 is 0 Å². The van der Waals surface area contributed by atoms with Crippen LogP contribution in [0.1, 0.15) is 50.5 Å². The molecular formula is C19H26O4. The monoisotopic (exact) mass is 318 g/mol. The molecule has 1 aliphatic rings. The van der Waals surface area contributed by atoms with Crippen LogP contribution < -0.4 is 4.74 Å². The topological polar surface area (TPSA) is 44.8 Å². The summed E-state index contributed by atoms with van der Waals surface area (Å²) in [5.41, 5.74) is 1.34. The van der Waals surface area contributed by atoms with Crippen LogP contribution in [0.4, 0.5) is 0 Å². The predicted octanol–water partition coefficient (Wildman–Crippen LogP) is 4.20. The van der Waals surface area contributed by atoms with Crippen LogP contribution in [-0.4, -0.2) is 25.5 Å². The van der Waals surface area contributed by atoms with Crippen LogP contribution in [0.25, 0.3) is 0 Å². The minimum absolute atomic E-state index is 0.0932. The van der Waals surface area contributed by atoms with E-state index in [-0.39, 0.29) is 6.79 Å². The van der Waals surface area contributed by atoms with E-state index in [4.69, 9.17) is 14.2 Å². The van der Waals surface area contributed by atoms with Crippen LogP contribution in [0.15, 0.2) is 36.9 Å². The SMILES string of the molecule is C=CC(=O)OCOc1ccc(C2CCC(OCCC)CC2)cc1. The van der Waals surface area contributed by atoms with E-state index in [9.17, 15) is 4.79 Å². The Bertz CT molecular complexity index is 487. The first kappa shape index (κ1) is 17.5. The molecule has 0 radical (unpaired) electrons. The molecule has 0 aromatic heterocycles. The van der Waals surface area contributed by atoms with Gasteiger partial charge in [0.2, 0.25) is 6.79 Å². The summed E-state index contributed by atoms with van der Waals surface area (Å²) < 4.78 is 16.0. The summed E-state index contributed by atoms with van der Waals surface area (Å²) >= 11 is 0. The molecule has 0 bridgehead atoms. The summed E-state index contributed by atoms with van der Waals surface area (Å²) in [5, 5.41) is 0. The number of carbonyl (C=O) groups is 1. The van der Waals surface area contributed by atoms with Crippen molar-refractivity contribution in [3.05, 3.63) is 42.5 Å². The Labute approximate surface area is 138 Å². The second kappa shape index (κ2) is 9.36. The fourth-order valence-corrected chi connectivity index (χ4v) is 2.90. The van der Waals surface area contributed by atoms with E-state index in [2.05, 4.69) is 25.6 Å². The van der Waals surface area contributed by atoms with Gasteiger partial charge in [-0.2, -0.15) is 0 Å². The standard InChI is InChI=1S/C19H26O4/c1-3-13-21-17-9-5-15(6-10-17)16-7-11-18(12-8-16)22-14-23-19(20)4-2/h4,7-8,11-12,15,17H,2-3,5-6,9-10,13-14H2,1H3. The van der Waals surface area contributed by atoms with Crippen molar-refractivity contribution < 1.29 is 19.0 Å². The van der Waals surface area contributed by atoms with Gasteiger partial charge in [0.15, 0.2) is 0 Å². The summed E-state index contributed by atoms with van der Waals surface area (Å²) in [4.78, 5) is 10.9. The number of ether oxygens (including phenoxy) is 3. The average Bonchev–Trinajstić information content (AvgIpc) is 2.61. The maximum Gasteiger partial charge on any atom is 0.333 e. The van der Waals surface area contributed by atoms with Gasteiger partial charge >= 0.3 is 5.97 Å². The van der Waals surface area contributed by atoms with Gasteiger partial charge in [-0.05, 0) is 55.7 Å². The van der Waals surface area contributed by atoms with Crippen molar-refractivity contribution in [1.29, 1.82) is 0 Å². The van der Waals surface area contributed by atoms with Crippen molar-refractivity contribution in [1.82, 2.24) is 0 Å². The lowest BCUT2D eigenvalue weighted by molar-refractivity contribution is -0.144. The molecule has 0 spiro atoms. The lowest BCUT2D eigenvalue weighted by Crippen LogP contribution is -2.21. The predicted molar refractivity (Wildman–Crippen MR) is 89.5 cm³/mol. The molecule has 1 aromatic carbocycles. The summed E-state index contributed by atoms with van der Waals surface area (Å²) in [5.74, 6) is 0.818. The van der Waals surface area contributed by atoms with Crippen LogP contribution in [0.3, 0.4) is 0 Å². The number of rotatable bonds is 8. The first-order valence-corrected chi connectivity index (χ1v) is 8.36. The molecule has 126 valence electrons. The van der Waals surface area contributed by atoms with E-state index in [1.54, 1.807) is 0 Å². The highest BCUT2D eigenvalue weighted by Gasteiger charge is 2.22. The van der Waals surface area contributed by atoms with Crippen molar-refractivity contribution in [2.75, 3.05) is 13.4 Å². The molecule has 23 heavy (non-hydrogen) atoms. The first-order valence-electron chi connectivity index (χ1n) is 8.36. The molecular weight excluding hydrogens is 292 g/mol. The molecule has 2 rings (SSSR count). The normalized spacial score (nSPS) is 20.7. The van der Waals surface area contributed by atoms with Crippen molar-refractivity contribution >= 4 is 5.97 Å². The highest BCUT2D eigenvalue weighted by Crippen LogP contribution is 2.34. The Morgan fingerprint density at radius 3 is 2.52 bits per heavy atom. The highest BCUT2D eigenvalue weighted by atomic mass is 16.7. The van der Waals surface area contributed by atoms with Crippen molar-refractivity contribution in [3.8, 4) is 5.75 Å². The van der Waals surface area contributed by atoms with Gasteiger partial charge in [0.05, 0.1) is 6.10 Å². The van der Waals surface area contributed by atoms with Crippen LogP contribution in [-0.2, 0) is 14.3 Å². The summed E-state index contributed by atoms with van der Waals surface area (Å²) in [6.07, 6.45) is 7.27. The van der Waals surface area contributed by atoms with E-state index in [0.717, 1.165) is 31.9 Å². The van der Waals surface area contributed by atoms with Crippen LogP contribution in [0, 0.1) is 0 Å². The second-order valence-electron chi connectivity index (χ2n) is 5.84. The molecule has 0 amide bonds. The van der Waals surface area contributed by atoms with Gasteiger partial charge in [-0.1, -0.05) is 25.6 Å². The Balaban J connectivity index is 1.76. The third-order valence-electron chi connectivity index (χ3n) is 4.18. The molecule has 4 nitrogen and oxygen atoms in total. The lowest BCUT2D eigenvalue weighted by Gasteiger charge is -2.28. The van der Waals surface area contributed by atoms with E-state index in [1.807, 2.05) is 12.1 Å². The number of carbonyl (C=O) groups excluding carboxylic acids is 1. The number of hydrogen-bond acceptors (Lipinski definition) is 4. The number of esters is 1. The summed E-state index contributed by atoms with van der Waals surface area (Å²) in [7, 11) is 0. The Hall–Kier alpha value is -1.81. The molecule has 0 heterocycles. The number of hydrogen-bond donors (Lipinski definition) is 0. The number of benzene rings is 1. The maximum atomic E-state index is 10.9. The van der Waals surface area contributed by atoms with Gasteiger partial charge in [0, 0.05) is 12.7 Å². The van der Waals surface area contributed by atoms with Gasteiger partial charge in [-0.15, -0.1) is 0 Å². The minimum Gasteiger partial charge on any atom is -0.457 e. The van der Waals surface area contributed by atoms with Crippen LogP contribution >= 0.6 is 0 Å². The zero-order valence-electron chi connectivity index (χ0n) is 13.8. The van der Waals surface area contributed by atoms with E-state index in [1.165, 1.54) is 18.4 Å². The first-order chi connectivity index (χ1) is 11.2. The quantitative estimate of drug-likeness (QED) is 0.409. The van der Waals surface area contributed by atoms with Gasteiger partial charge in [-0.25, -0.2) is 4.79 Å². The second-order valence-corrected chi connectivity index (χ2v) is 5.84. The third-order valence-corrected chi connectivity index (χ3v) is 4.18. The van der Waals surface area contributed by atoms with Crippen LogP contribution in [0.2, 0.25) is 0 Å². The molecule has 1 aromatic rings. The van der Waals surface area contributed by atoms with Crippen LogP contribution in [0.5, 0.6) is 5.75 Å². The smallest absolute Gasteiger partial charge is 0.333 e. The fraction of sp³-hybridized carbons (Fsp3) is 0.526. The van der Waals surface area contributed by atoms with Crippen molar-refractivity contribution in [3.63, 3.8) is 0 Å². The van der Waals surface area contributed by atoms with Gasteiger partial charge < -0.3 is 14.2 Å². The van der Waals surface area contributed by atoms with Crippen molar-refractivity contribution in [2.45, 2.75) is 51.0 Å². The average molecular weight is 318 g/mol. The lowest BCUT2D eigenvalue weighted by atomic mass is 9.83. The Kier molecular flexibility index (Phi) is 7.14. The van der Waals surface area contributed by atoms with Crippen molar-refractivity contribution in [2.24, 2.45) is 0 Å². The van der Waals surface area contributed by atoms with E-state index < -0.39 is 5.97 Å². The molecule has 4 heteroatoms. The molecule has 1 aliphatic carbocycles. The molecule has 0 unspecified atom stereocenters. The molecule has 1 saturated carbocycles. The van der Waals surface area contributed by atoms with Gasteiger partial charge in [0.1, 0.15) is 5.75 Å². The fourth-order valence-electron chi connectivity index (χ4n) is 2.90. The zero-order chi connectivity index (χ0) is 16.5.